The summed E-state index contributed by atoms with van der Waals surface area (Å²) in [6.07, 6.45) is 0.992. The fourth-order valence-corrected chi connectivity index (χ4v) is 2.39. The van der Waals surface area contributed by atoms with E-state index in [2.05, 4.69) is 21.0 Å². The molecule has 0 aliphatic carbocycles. The van der Waals surface area contributed by atoms with E-state index in [0.29, 0.717) is 17.3 Å². The maximum absolute atomic E-state index is 13.6. The van der Waals surface area contributed by atoms with Gasteiger partial charge in [-0.25, -0.2) is 4.39 Å². The predicted octanol–water partition coefficient (Wildman–Crippen LogP) is 3.91. The molecule has 98 valence electrons. The van der Waals surface area contributed by atoms with Crippen LogP contribution in [-0.4, -0.2) is 15.3 Å². The topological polar surface area (TPSA) is 51.0 Å². The lowest BCUT2D eigenvalue weighted by molar-refractivity contribution is 0.568. The molecule has 0 aliphatic heterocycles. The van der Waals surface area contributed by atoms with Gasteiger partial charge in [0.1, 0.15) is 0 Å². The SMILES string of the molecule is CCCNc1nsnc1-c1cc2cccc(F)c2o1. The number of fused-ring (bicyclic) bond motifs is 1. The van der Waals surface area contributed by atoms with Crippen LogP contribution in [-0.2, 0) is 0 Å². The number of para-hydroxylation sites is 1. The summed E-state index contributed by atoms with van der Waals surface area (Å²) >= 11 is 1.11. The molecular formula is C13H12FN3OS. The van der Waals surface area contributed by atoms with Gasteiger partial charge in [0.2, 0.25) is 0 Å². The predicted molar refractivity (Wildman–Crippen MR) is 73.9 cm³/mol. The number of hydrogen-bond donors (Lipinski definition) is 1. The second kappa shape index (κ2) is 4.97. The van der Waals surface area contributed by atoms with Crippen molar-refractivity contribution in [2.24, 2.45) is 0 Å². The summed E-state index contributed by atoms with van der Waals surface area (Å²) in [7, 11) is 0. The molecule has 2 heterocycles. The minimum absolute atomic E-state index is 0.256. The molecule has 1 aromatic carbocycles. The average molecular weight is 277 g/mol. The standard InChI is InChI=1S/C13H12FN3OS/c1-2-6-15-13-11(16-19-17-13)10-7-8-4-3-5-9(14)12(8)18-10/h3-5,7H,2,6H2,1H3,(H,15,17). The van der Waals surface area contributed by atoms with Crippen molar-refractivity contribution in [1.29, 1.82) is 0 Å². The number of halogens is 1. The second-order valence-corrected chi connectivity index (χ2v) is 4.69. The van der Waals surface area contributed by atoms with Crippen molar-refractivity contribution in [3.63, 3.8) is 0 Å². The van der Waals surface area contributed by atoms with E-state index < -0.39 is 0 Å². The number of furan rings is 1. The number of nitrogens with zero attached hydrogens (tertiary/aromatic N) is 2. The Bertz CT molecular complexity index is 707. The molecule has 3 aromatic rings. The van der Waals surface area contributed by atoms with Crippen LogP contribution in [0.4, 0.5) is 10.2 Å². The second-order valence-electron chi connectivity index (χ2n) is 4.16. The Morgan fingerprint density at radius 2 is 2.26 bits per heavy atom. The van der Waals surface area contributed by atoms with E-state index in [1.807, 2.05) is 6.07 Å². The highest BCUT2D eigenvalue weighted by Crippen LogP contribution is 2.32. The van der Waals surface area contributed by atoms with Gasteiger partial charge < -0.3 is 9.73 Å². The van der Waals surface area contributed by atoms with Gasteiger partial charge in [0.15, 0.2) is 28.7 Å². The lowest BCUT2D eigenvalue weighted by atomic mass is 10.2. The quantitative estimate of drug-likeness (QED) is 0.785. The molecule has 0 saturated carbocycles. The minimum atomic E-state index is -0.366. The molecule has 0 fully saturated rings. The first kappa shape index (κ1) is 12.1. The molecule has 3 rings (SSSR count). The number of aromatic nitrogens is 2. The van der Waals surface area contributed by atoms with Crippen molar-refractivity contribution < 1.29 is 8.81 Å². The fourth-order valence-electron chi connectivity index (χ4n) is 1.85. The third-order valence-electron chi connectivity index (χ3n) is 2.76. The smallest absolute Gasteiger partial charge is 0.171 e. The first-order valence-corrected chi connectivity index (χ1v) is 6.77. The molecule has 0 bridgehead atoms. The van der Waals surface area contributed by atoms with Gasteiger partial charge in [-0.1, -0.05) is 19.1 Å². The average Bonchev–Trinajstić information content (AvgIpc) is 3.02. The lowest BCUT2D eigenvalue weighted by Gasteiger charge is -2.00. The van der Waals surface area contributed by atoms with Crippen LogP contribution >= 0.6 is 11.7 Å². The Hall–Kier alpha value is -1.95. The molecule has 6 heteroatoms. The number of rotatable bonds is 4. The highest BCUT2D eigenvalue weighted by Gasteiger charge is 2.16. The van der Waals surface area contributed by atoms with Crippen LogP contribution in [0.5, 0.6) is 0 Å². The number of nitrogens with one attached hydrogen (secondary N) is 1. The van der Waals surface area contributed by atoms with Gasteiger partial charge in [-0.2, -0.15) is 8.75 Å². The molecule has 1 N–H and O–H groups in total. The number of anilines is 1. The third kappa shape index (κ3) is 2.19. The molecule has 0 atom stereocenters. The van der Waals surface area contributed by atoms with Crippen LogP contribution in [0.15, 0.2) is 28.7 Å². The van der Waals surface area contributed by atoms with Crippen LogP contribution in [0.1, 0.15) is 13.3 Å². The summed E-state index contributed by atoms with van der Waals surface area (Å²) in [6, 6.07) is 6.63. The van der Waals surface area contributed by atoms with Crippen LogP contribution in [0.3, 0.4) is 0 Å². The van der Waals surface area contributed by atoms with E-state index >= 15 is 0 Å². The molecule has 4 nitrogen and oxygen atoms in total. The van der Waals surface area contributed by atoms with Crippen molar-refractivity contribution in [2.75, 3.05) is 11.9 Å². The van der Waals surface area contributed by atoms with Gasteiger partial charge in [-0.3, -0.25) is 0 Å². The summed E-state index contributed by atoms with van der Waals surface area (Å²) < 4.78 is 27.6. The van der Waals surface area contributed by atoms with E-state index in [4.69, 9.17) is 4.42 Å². The summed E-state index contributed by atoms with van der Waals surface area (Å²) in [4.78, 5) is 0. The van der Waals surface area contributed by atoms with Gasteiger partial charge in [0, 0.05) is 11.9 Å². The largest absolute Gasteiger partial charge is 0.451 e. The molecule has 0 radical (unpaired) electrons. The van der Waals surface area contributed by atoms with Crippen LogP contribution < -0.4 is 5.32 Å². The Labute approximate surface area is 113 Å². The highest BCUT2D eigenvalue weighted by molar-refractivity contribution is 6.99. The summed E-state index contributed by atoms with van der Waals surface area (Å²) in [5.41, 5.74) is 0.890. The van der Waals surface area contributed by atoms with Gasteiger partial charge in [-0.15, -0.1) is 0 Å². The zero-order chi connectivity index (χ0) is 13.2. The van der Waals surface area contributed by atoms with E-state index in [1.165, 1.54) is 6.07 Å². The Morgan fingerprint density at radius 3 is 3.05 bits per heavy atom. The van der Waals surface area contributed by atoms with Crippen LogP contribution in [0, 0.1) is 5.82 Å². The Kier molecular flexibility index (Phi) is 3.16. The maximum Gasteiger partial charge on any atom is 0.171 e. The monoisotopic (exact) mass is 277 g/mol. The molecule has 0 unspecified atom stereocenters. The van der Waals surface area contributed by atoms with E-state index in [1.54, 1.807) is 12.1 Å². The van der Waals surface area contributed by atoms with E-state index in [0.717, 1.165) is 30.1 Å². The van der Waals surface area contributed by atoms with Crippen molar-refractivity contribution in [3.05, 3.63) is 30.1 Å². The summed E-state index contributed by atoms with van der Waals surface area (Å²) in [5, 5.41) is 3.91. The molecule has 0 spiro atoms. The van der Waals surface area contributed by atoms with Gasteiger partial charge >= 0.3 is 0 Å². The number of benzene rings is 1. The van der Waals surface area contributed by atoms with Gasteiger partial charge in [-0.05, 0) is 18.6 Å². The molecule has 0 saturated heterocycles. The first-order chi connectivity index (χ1) is 9.29. The molecule has 0 aliphatic rings. The fraction of sp³-hybridized carbons (Fsp3) is 0.231. The maximum atomic E-state index is 13.6. The van der Waals surface area contributed by atoms with Crippen molar-refractivity contribution in [2.45, 2.75) is 13.3 Å². The summed E-state index contributed by atoms with van der Waals surface area (Å²) in [6.45, 7) is 2.88. The highest BCUT2D eigenvalue weighted by atomic mass is 32.1. The summed E-state index contributed by atoms with van der Waals surface area (Å²) in [5.74, 6) is 0.855. The minimum Gasteiger partial charge on any atom is -0.451 e. The van der Waals surface area contributed by atoms with Gasteiger partial charge in [0.25, 0.3) is 0 Å². The Balaban J connectivity index is 2.04. The zero-order valence-electron chi connectivity index (χ0n) is 10.3. The Morgan fingerprint density at radius 1 is 1.37 bits per heavy atom. The van der Waals surface area contributed by atoms with Crippen molar-refractivity contribution in [1.82, 2.24) is 8.75 Å². The number of hydrogen-bond acceptors (Lipinski definition) is 5. The van der Waals surface area contributed by atoms with Crippen LogP contribution in [0.2, 0.25) is 0 Å². The van der Waals surface area contributed by atoms with Crippen LogP contribution in [0.25, 0.3) is 22.4 Å². The molecular weight excluding hydrogens is 265 g/mol. The first-order valence-electron chi connectivity index (χ1n) is 6.04. The van der Waals surface area contributed by atoms with Crippen molar-refractivity contribution >= 4 is 28.5 Å². The van der Waals surface area contributed by atoms with Gasteiger partial charge in [0.05, 0.1) is 11.7 Å². The molecule has 2 aromatic heterocycles. The van der Waals surface area contributed by atoms with Crippen molar-refractivity contribution in [3.8, 4) is 11.5 Å². The third-order valence-corrected chi connectivity index (χ3v) is 3.29. The van der Waals surface area contributed by atoms with E-state index in [-0.39, 0.29) is 11.4 Å². The lowest BCUT2D eigenvalue weighted by Crippen LogP contribution is -2.00. The van der Waals surface area contributed by atoms with E-state index in [9.17, 15) is 4.39 Å². The molecule has 19 heavy (non-hydrogen) atoms. The molecule has 0 amide bonds. The normalized spacial score (nSPS) is 11.1. The zero-order valence-corrected chi connectivity index (χ0v) is 11.1.